The van der Waals surface area contributed by atoms with Gasteiger partial charge in [0.05, 0.1) is 15.9 Å². The Balaban J connectivity index is 2.24. The van der Waals surface area contributed by atoms with E-state index in [1.54, 1.807) is 12.4 Å². The topological polar surface area (TPSA) is 66.7 Å². The number of aliphatic hydroxyl groups is 1. The van der Waals surface area contributed by atoms with Gasteiger partial charge in [-0.2, -0.15) is 5.10 Å². The van der Waals surface area contributed by atoms with Crippen molar-refractivity contribution in [2.45, 2.75) is 32.9 Å². The first-order valence-electron chi connectivity index (χ1n) is 5.52. The predicted molar refractivity (Wildman–Crippen MR) is 67.6 cm³/mol. The molecule has 92 valence electrons. The first kappa shape index (κ1) is 12.3. The second kappa shape index (κ2) is 5.01. The van der Waals surface area contributed by atoms with Gasteiger partial charge in [-0.1, -0.05) is 0 Å². The van der Waals surface area contributed by atoms with Crippen LogP contribution in [0.1, 0.15) is 30.2 Å². The number of halogens is 1. The molecule has 0 amide bonds. The Kier molecular flexibility index (Phi) is 3.63. The third-order valence-electron chi connectivity index (χ3n) is 2.67. The van der Waals surface area contributed by atoms with E-state index in [1.807, 2.05) is 18.5 Å². The first-order valence-corrected chi connectivity index (χ1v) is 6.32. The third-order valence-corrected chi connectivity index (χ3v) is 3.71. The summed E-state index contributed by atoms with van der Waals surface area (Å²) in [5, 5.41) is 14.5. The highest BCUT2D eigenvalue weighted by Crippen LogP contribution is 2.25. The Morgan fingerprint density at radius 2 is 2.35 bits per heavy atom. The second-order valence-corrected chi connectivity index (χ2v) is 4.65. The summed E-state index contributed by atoms with van der Waals surface area (Å²) in [6.07, 6.45) is 3.19. The fourth-order valence-corrected chi connectivity index (χ4v) is 2.25. The van der Waals surface area contributed by atoms with Gasteiger partial charge in [-0.3, -0.25) is 4.68 Å². The molecule has 2 aromatic rings. The van der Waals surface area contributed by atoms with Crippen LogP contribution in [0, 0.1) is 6.92 Å². The van der Waals surface area contributed by atoms with Crippen molar-refractivity contribution in [3.05, 3.63) is 34.1 Å². The van der Waals surface area contributed by atoms with Gasteiger partial charge in [0.2, 0.25) is 0 Å². The van der Waals surface area contributed by atoms with E-state index in [0.717, 1.165) is 22.4 Å². The molecule has 0 aliphatic rings. The summed E-state index contributed by atoms with van der Waals surface area (Å²) >= 11 is 3.51. The highest BCUT2D eigenvalue weighted by atomic mass is 79.9. The molecule has 2 rings (SSSR count). The zero-order valence-corrected chi connectivity index (χ0v) is 11.4. The molecule has 6 heteroatoms. The Hall–Kier alpha value is -1.14. The predicted octanol–water partition coefficient (Wildman–Crippen LogP) is 1.97. The van der Waals surface area contributed by atoms with E-state index in [9.17, 15) is 5.11 Å². The molecule has 1 atom stereocenters. The zero-order chi connectivity index (χ0) is 12.4. The lowest BCUT2D eigenvalue weighted by molar-refractivity contribution is 0.166. The van der Waals surface area contributed by atoms with Crippen molar-refractivity contribution in [3.8, 4) is 0 Å². The lowest BCUT2D eigenvalue weighted by atomic mass is 10.2. The van der Waals surface area contributed by atoms with E-state index in [0.29, 0.717) is 12.2 Å². The minimum Gasteiger partial charge on any atom is -0.385 e. The zero-order valence-electron chi connectivity index (χ0n) is 9.81. The normalized spacial score (nSPS) is 12.9. The number of H-pyrrole nitrogens is 1. The van der Waals surface area contributed by atoms with E-state index in [4.69, 9.17) is 0 Å². The van der Waals surface area contributed by atoms with Crippen LogP contribution < -0.4 is 0 Å². The van der Waals surface area contributed by atoms with Gasteiger partial charge < -0.3 is 10.1 Å². The summed E-state index contributed by atoms with van der Waals surface area (Å²) in [7, 11) is 0. The summed E-state index contributed by atoms with van der Waals surface area (Å²) in [6, 6.07) is 0. The van der Waals surface area contributed by atoms with Crippen molar-refractivity contribution < 1.29 is 5.11 Å². The largest absolute Gasteiger partial charge is 0.385 e. The number of hydrogen-bond donors (Lipinski definition) is 2. The van der Waals surface area contributed by atoms with Crippen molar-refractivity contribution in [2.24, 2.45) is 0 Å². The van der Waals surface area contributed by atoms with Crippen LogP contribution in [0.2, 0.25) is 0 Å². The Morgan fingerprint density at radius 3 is 2.94 bits per heavy atom. The molecular formula is C11H15BrN4O. The monoisotopic (exact) mass is 298 g/mol. The molecule has 2 N–H and O–H groups in total. The van der Waals surface area contributed by atoms with Gasteiger partial charge in [0.1, 0.15) is 11.9 Å². The summed E-state index contributed by atoms with van der Waals surface area (Å²) in [5.41, 5.74) is 1.93. The van der Waals surface area contributed by atoms with Crippen molar-refractivity contribution >= 4 is 15.9 Å². The van der Waals surface area contributed by atoms with E-state index < -0.39 is 6.10 Å². The van der Waals surface area contributed by atoms with Gasteiger partial charge in [0.15, 0.2) is 0 Å². The number of aliphatic hydroxyl groups excluding tert-OH is 1. The molecule has 0 aromatic carbocycles. The minimum atomic E-state index is -0.636. The van der Waals surface area contributed by atoms with E-state index in [-0.39, 0.29) is 0 Å². The molecule has 0 saturated carbocycles. The summed E-state index contributed by atoms with van der Waals surface area (Å²) < 4.78 is 2.86. The highest BCUT2D eigenvalue weighted by Gasteiger charge is 2.18. The molecule has 0 radical (unpaired) electrons. The van der Waals surface area contributed by atoms with Crippen LogP contribution in [0.5, 0.6) is 0 Å². The summed E-state index contributed by atoms with van der Waals surface area (Å²) in [5.74, 6) is 0.582. The summed E-state index contributed by atoms with van der Waals surface area (Å²) in [6.45, 7) is 4.76. The smallest absolute Gasteiger partial charge is 0.135 e. The average Bonchev–Trinajstić information content (AvgIpc) is 2.92. The van der Waals surface area contributed by atoms with Crippen molar-refractivity contribution in [2.75, 3.05) is 0 Å². The number of aromatic amines is 1. The van der Waals surface area contributed by atoms with Gasteiger partial charge in [-0.25, -0.2) is 4.98 Å². The lowest BCUT2D eigenvalue weighted by Gasteiger charge is -2.10. The molecule has 2 aromatic heterocycles. The molecule has 0 aliphatic carbocycles. The number of aromatic nitrogens is 4. The van der Waals surface area contributed by atoms with E-state index in [2.05, 4.69) is 31.0 Å². The molecule has 2 heterocycles. The number of imidazole rings is 1. The number of aryl methyl sites for hydroxylation is 2. The molecular weight excluding hydrogens is 284 g/mol. The maximum atomic E-state index is 10.1. The molecule has 17 heavy (non-hydrogen) atoms. The molecule has 1 unspecified atom stereocenters. The third kappa shape index (κ3) is 2.42. The van der Waals surface area contributed by atoms with Crippen LogP contribution in [-0.2, 0) is 13.0 Å². The average molecular weight is 299 g/mol. The molecule has 0 fully saturated rings. The Labute approximate surface area is 108 Å². The van der Waals surface area contributed by atoms with Crippen molar-refractivity contribution in [3.63, 3.8) is 0 Å². The maximum absolute atomic E-state index is 10.1. The number of hydrogen-bond acceptors (Lipinski definition) is 3. The van der Waals surface area contributed by atoms with Crippen molar-refractivity contribution in [1.29, 1.82) is 0 Å². The van der Waals surface area contributed by atoms with Crippen LogP contribution in [0.3, 0.4) is 0 Å². The Bertz CT molecular complexity index is 492. The highest BCUT2D eigenvalue weighted by molar-refractivity contribution is 9.10. The standard InChI is InChI=1S/C11H15BrN4O/c1-3-16-8(10(12)7(2)15-16)6-9(17)11-13-4-5-14-11/h4-5,9,17H,3,6H2,1-2H3,(H,13,14). The molecule has 0 aliphatic heterocycles. The van der Waals surface area contributed by atoms with Crippen LogP contribution in [0.25, 0.3) is 0 Å². The SMILES string of the molecule is CCn1nc(C)c(Br)c1CC(O)c1ncc[nH]1. The van der Waals surface area contributed by atoms with Crippen LogP contribution >= 0.6 is 15.9 Å². The molecule has 5 nitrogen and oxygen atoms in total. The molecule has 0 spiro atoms. The van der Waals surface area contributed by atoms with E-state index in [1.165, 1.54) is 0 Å². The number of nitrogens with zero attached hydrogens (tertiary/aromatic N) is 3. The van der Waals surface area contributed by atoms with E-state index >= 15 is 0 Å². The van der Waals surface area contributed by atoms with Gasteiger partial charge >= 0.3 is 0 Å². The van der Waals surface area contributed by atoms with Crippen LogP contribution in [-0.4, -0.2) is 24.9 Å². The van der Waals surface area contributed by atoms with Gasteiger partial charge in [0, 0.05) is 25.4 Å². The fourth-order valence-electron chi connectivity index (χ4n) is 1.80. The van der Waals surface area contributed by atoms with Gasteiger partial charge in [0.25, 0.3) is 0 Å². The minimum absolute atomic E-state index is 0.489. The lowest BCUT2D eigenvalue weighted by Crippen LogP contribution is -2.10. The Morgan fingerprint density at radius 1 is 1.59 bits per heavy atom. The fraction of sp³-hybridized carbons (Fsp3) is 0.455. The second-order valence-electron chi connectivity index (χ2n) is 3.86. The van der Waals surface area contributed by atoms with Gasteiger partial charge in [-0.15, -0.1) is 0 Å². The van der Waals surface area contributed by atoms with Crippen LogP contribution in [0.4, 0.5) is 0 Å². The number of nitrogens with one attached hydrogen (secondary N) is 1. The molecule has 0 bridgehead atoms. The quantitative estimate of drug-likeness (QED) is 0.907. The number of rotatable bonds is 4. The molecule has 0 saturated heterocycles. The maximum Gasteiger partial charge on any atom is 0.135 e. The summed E-state index contributed by atoms with van der Waals surface area (Å²) in [4.78, 5) is 6.97. The first-order chi connectivity index (χ1) is 8.13. The van der Waals surface area contributed by atoms with Gasteiger partial charge in [-0.05, 0) is 29.8 Å². The van der Waals surface area contributed by atoms with Crippen LogP contribution in [0.15, 0.2) is 16.9 Å². The van der Waals surface area contributed by atoms with Crippen molar-refractivity contribution in [1.82, 2.24) is 19.7 Å².